The second-order valence-corrected chi connectivity index (χ2v) is 2.88. The average Bonchev–Trinajstić information content (AvgIpc) is 1.99. The van der Waals surface area contributed by atoms with Crippen LogP contribution >= 0.6 is 0 Å². The SMILES string of the molecule is Cc1cc(C)nc(/C=C/C(=O)O)c1. The molecule has 0 saturated carbocycles. The third-order valence-corrected chi connectivity index (χ3v) is 1.51. The van der Waals surface area contributed by atoms with Crippen LogP contribution < -0.4 is 0 Å². The van der Waals surface area contributed by atoms with Crippen molar-refractivity contribution >= 4 is 12.0 Å². The Bertz CT molecular complexity index is 336. The first-order valence-electron chi connectivity index (χ1n) is 3.94. The highest BCUT2D eigenvalue weighted by atomic mass is 16.4. The van der Waals surface area contributed by atoms with Crippen molar-refractivity contribution in [1.29, 1.82) is 0 Å². The van der Waals surface area contributed by atoms with Gasteiger partial charge < -0.3 is 5.11 Å². The zero-order valence-electron chi connectivity index (χ0n) is 7.61. The number of pyridine rings is 1. The monoisotopic (exact) mass is 177 g/mol. The van der Waals surface area contributed by atoms with E-state index in [1.807, 2.05) is 26.0 Å². The minimum atomic E-state index is -0.957. The molecule has 0 radical (unpaired) electrons. The molecule has 1 aromatic rings. The summed E-state index contributed by atoms with van der Waals surface area (Å²) in [6.07, 6.45) is 2.57. The van der Waals surface area contributed by atoms with Gasteiger partial charge in [-0.2, -0.15) is 0 Å². The summed E-state index contributed by atoms with van der Waals surface area (Å²) in [5.41, 5.74) is 2.66. The first kappa shape index (κ1) is 9.45. The average molecular weight is 177 g/mol. The second kappa shape index (κ2) is 3.85. The molecule has 0 aromatic carbocycles. The number of carboxylic acid groups (broad SMARTS) is 1. The normalized spacial score (nSPS) is 10.6. The van der Waals surface area contributed by atoms with Gasteiger partial charge in [0.1, 0.15) is 0 Å². The van der Waals surface area contributed by atoms with E-state index in [9.17, 15) is 4.79 Å². The van der Waals surface area contributed by atoms with Crippen LogP contribution in [0.25, 0.3) is 6.08 Å². The van der Waals surface area contributed by atoms with Gasteiger partial charge in [0.25, 0.3) is 0 Å². The number of carboxylic acids is 1. The first-order valence-corrected chi connectivity index (χ1v) is 3.94. The molecule has 3 heteroatoms. The highest BCUT2D eigenvalue weighted by Gasteiger charge is 1.94. The fraction of sp³-hybridized carbons (Fsp3) is 0.200. The van der Waals surface area contributed by atoms with E-state index in [2.05, 4.69) is 4.98 Å². The maximum absolute atomic E-state index is 10.2. The highest BCUT2D eigenvalue weighted by Crippen LogP contribution is 2.05. The number of aromatic nitrogens is 1. The first-order chi connectivity index (χ1) is 6.08. The summed E-state index contributed by atoms with van der Waals surface area (Å²) in [5.74, 6) is -0.957. The molecule has 0 atom stereocenters. The zero-order valence-corrected chi connectivity index (χ0v) is 7.61. The fourth-order valence-electron chi connectivity index (χ4n) is 1.11. The van der Waals surface area contributed by atoms with Gasteiger partial charge in [-0.15, -0.1) is 0 Å². The van der Waals surface area contributed by atoms with Crippen LogP contribution in [0.3, 0.4) is 0 Å². The van der Waals surface area contributed by atoms with Crippen molar-refractivity contribution in [2.75, 3.05) is 0 Å². The number of aliphatic carboxylic acids is 1. The molecule has 3 nitrogen and oxygen atoms in total. The highest BCUT2D eigenvalue weighted by molar-refractivity contribution is 5.84. The molecule has 0 aliphatic carbocycles. The summed E-state index contributed by atoms with van der Waals surface area (Å²) in [4.78, 5) is 14.4. The van der Waals surface area contributed by atoms with Crippen molar-refractivity contribution in [3.63, 3.8) is 0 Å². The molecule has 0 amide bonds. The van der Waals surface area contributed by atoms with Gasteiger partial charge in [0, 0.05) is 11.8 Å². The molecule has 1 aromatic heterocycles. The van der Waals surface area contributed by atoms with E-state index in [-0.39, 0.29) is 0 Å². The van der Waals surface area contributed by atoms with Crippen molar-refractivity contribution in [3.8, 4) is 0 Å². The van der Waals surface area contributed by atoms with E-state index in [1.54, 1.807) is 0 Å². The molecule has 68 valence electrons. The topological polar surface area (TPSA) is 50.2 Å². The Hall–Kier alpha value is -1.64. The Balaban J connectivity index is 2.95. The number of nitrogens with zero attached hydrogens (tertiary/aromatic N) is 1. The molecule has 0 saturated heterocycles. The Kier molecular flexibility index (Phi) is 2.80. The largest absolute Gasteiger partial charge is 0.478 e. The van der Waals surface area contributed by atoms with Crippen LogP contribution in [0, 0.1) is 13.8 Å². The molecular formula is C10H11NO2. The van der Waals surface area contributed by atoms with Crippen LogP contribution in [0.5, 0.6) is 0 Å². The maximum Gasteiger partial charge on any atom is 0.328 e. The van der Waals surface area contributed by atoms with Crippen LogP contribution in [-0.2, 0) is 4.79 Å². The summed E-state index contributed by atoms with van der Waals surface area (Å²) in [7, 11) is 0. The number of rotatable bonds is 2. The lowest BCUT2D eigenvalue weighted by Gasteiger charge is -1.97. The van der Waals surface area contributed by atoms with Crippen LogP contribution in [-0.4, -0.2) is 16.1 Å². The van der Waals surface area contributed by atoms with E-state index in [4.69, 9.17) is 5.11 Å². The van der Waals surface area contributed by atoms with Crippen molar-refractivity contribution in [1.82, 2.24) is 4.98 Å². The van der Waals surface area contributed by atoms with Crippen molar-refractivity contribution in [2.24, 2.45) is 0 Å². The zero-order chi connectivity index (χ0) is 9.84. The smallest absolute Gasteiger partial charge is 0.328 e. The standard InChI is InChI=1S/C10H11NO2/c1-7-5-8(2)11-9(6-7)3-4-10(12)13/h3-6H,1-2H3,(H,12,13)/b4-3+. The number of aryl methyl sites for hydroxylation is 2. The molecule has 0 fully saturated rings. The summed E-state index contributed by atoms with van der Waals surface area (Å²) in [6.45, 7) is 3.83. The predicted molar refractivity (Wildman–Crippen MR) is 50.4 cm³/mol. The lowest BCUT2D eigenvalue weighted by molar-refractivity contribution is -0.131. The van der Waals surface area contributed by atoms with Gasteiger partial charge in [-0.05, 0) is 37.6 Å². The van der Waals surface area contributed by atoms with Gasteiger partial charge in [0.05, 0.1) is 5.69 Å². The van der Waals surface area contributed by atoms with Crippen LogP contribution in [0.15, 0.2) is 18.2 Å². The summed E-state index contributed by atoms with van der Waals surface area (Å²) in [6, 6.07) is 3.78. The van der Waals surface area contributed by atoms with Crippen LogP contribution in [0.4, 0.5) is 0 Å². The summed E-state index contributed by atoms with van der Waals surface area (Å²) >= 11 is 0. The second-order valence-electron chi connectivity index (χ2n) is 2.88. The molecular weight excluding hydrogens is 166 g/mol. The van der Waals surface area contributed by atoms with Gasteiger partial charge >= 0.3 is 5.97 Å². The number of hydrogen-bond acceptors (Lipinski definition) is 2. The van der Waals surface area contributed by atoms with Gasteiger partial charge in [-0.3, -0.25) is 4.98 Å². The Morgan fingerprint density at radius 1 is 1.46 bits per heavy atom. The third-order valence-electron chi connectivity index (χ3n) is 1.51. The Labute approximate surface area is 76.7 Å². The Morgan fingerprint density at radius 2 is 2.15 bits per heavy atom. The summed E-state index contributed by atoms with van der Waals surface area (Å²) < 4.78 is 0. The molecule has 0 aliphatic heterocycles. The van der Waals surface area contributed by atoms with E-state index in [1.165, 1.54) is 6.08 Å². The third kappa shape index (κ3) is 3.07. The molecule has 1 heterocycles. The minimum Gasteiger partial charge on any atom is -0.478 e. The molecule has 0 aliphatic rings. The van der Waals surface area contributed by atoms with E-state index in [0.29, 0.717) is 5.69 Å². The van der Waals surface area contributed by atoms with Gasteiger partial charge in [-0.25, -0.2) is 4.79 Å². The van der Waals surface area contributed by atoms with Crippen LogP contribution in [0.2, 0.25) is 0 Å². The lowest BCUT2D eigenvalue weighted by atomic mass is 10.2. The van der Waals surface area contributed by atoms with Gasteiger partial charge in [0.15, 0.2) is 0 Å². The quantitative estimate of drug-likeness (QED) is 0.701. The Morgan fingerprint density at radius 3 is 2.69 bits per heavy atom. The van der Waals surface area contributed by atoms with E-state index >= 15 is 0 Å². The van der Waals surface area contributed by atoms with E-state index in [0.717, 1.165) is 17.3 Å². The minimum absolute atomic E-state index is 0.680. The van der Waals surface area contributed by atoms with Crippen molar-refractivity contribution in [2.45, 2.75) is 13.8 Å². The maximum atomic E-state index is 10.2. The molecule has 1 N–H and O–H groups in total. The molecule has 0 unspecified atom stereocenters. The predicted octanol–water partition coefficient (Wildman–Crippen LogP) is 1.80. The van der Waals surface area contributed by atoms with Gasteiger partial charge in [-0.1, -0.05) is 0 Å². The molecule has 0 spiro atoms. The summed E-state index contributed by atoms with van der Waals surface area (Å²) in [5, 5.41) is 8.40. The number of hydrogen-bond donors (Lipinski definition) is 1. The fourth-order valence-corrected chi connectivity index (χ4v) is 1.11. The van der Waals surface area contributed by atoms with Gasteiger partial charge in [0.2, 0.25) is 0 Å². The van der Waals surface area contributed by atoms with Crippen LogP contribution in [0.1, 0.15) is 17.0 Å². The van der Waals surface area contributed by atoms with Crippen molar-refractivity contribution < 1.29 is 9.90 Å². The molecule has 1 rings (SSSR count). The molecule has 13 heavy (non-hydrogen) atoms. The molecule has 0 bridgehead atoms. The lowest BCUT2D eigenvalue weighted by Crippen LogP contribution is -1.90. The number of carbonyl (C=O) groups is 1. The van der Waals surface area contributed by atoms with E-state index < -0.39 is 5.97 Å². The van der Waals surface area contributed by atoms with Crippen molar-refractivity contribution in [3.05, 3.63) is 35.2 Å².